The number of oxime groups is 1. The van der Waals surface area contributed by atoms with E-state index in [4.69, 9.17) is 4.84 Å². The summed E-state index contributed by atoms with van der Waals surface area (Å²) in [6.07, 6.45) is 1.12. The van der Waals surface area contributed by atoms with Gasteiger partial charge in [-0.3, -0.25) is 4.79 Å². The second-order valence-electron chi connectivity index (χ2n) is 8.65. The molecule has 0 aliphatic carbocycles. The van der Waals surface area contributed by atoms with Crippen LogP contribution in [0.15, 0.2) is 76.8 Å². The van der Waals surface area contributed by atoms with Crippen molar-refractivity contribution in [1.29, 1.82) is 0 Å². The van der Waals surface area contributed by atoms with Gasteiger partial charge in [-0.25, -0.2) is 12.8 Å². The number of amides is 1. The second-order valence-corrected chi connectivity index (χ2v) is 10.7. The molecule has 1 amide bonds. The van der Waals surface area contributed by atoms with Crippen molar-refractivity contribution in [3.63, 3.8) is 0 Å². The van der Waals surface area contributed by atoms with Crippen LogP contribution in [0.4, 0.5) is 10.1 Å². The second kappa shape index (κ2) is 10.5. The number of anilines is 1. The topological polar surface area (TPSA) is 79.3 Å². The first-order chi connectivity index (χ1) is 17.2. The van der Waals surface area contributed by atoms with Crippen LogP contribution in [0.2, 0.25) is 0 Å². The maximum atomic E-state index is 14.9. The molecule has 3 aromatic carbocycles. The van der Waals surface area contributed by atoms with Crippen molar-refractivity contribution in [2.24, 2.45) is 5.16 Å². The minimum Gasteiger partial charge on any atom is -0.399 e. The lowest BCUT2D eigenvalue weighted by Crippen LogP contribution is -2.49. The molecule has 1 fully saturated rings. The molecule has 36 heavy (non-hydrogen) atoms. The largest absolute Gasteiger partial charge is 0.399 e. The van der Waals surface area contributed by atoms with Crippen molar-refractivity contribution in [3.8, 4) is 11.1 Å². The highest BCUT2D eigenvalue weighted by molar-refractivity contribution is 7.90. The van der Waals surface area contributed by atoms with Gasteiger partial charge >= 0.3 is 0 Å². The van der Waals surface area contributed by atoms with Crippen LogP contribution >= 0.6 is 0 Å². The maximum Gasteiger partial charge on any atom is 0.254 e. The number of halogens is 1. The highest BCUT2D eigenvalue weighted by Gasteiger charge is 2.26. The van der Waals surface area contributed by atoms with Crippen LogP contribution in [0, 0.1) is 5.82 Å². The van der Waals surface area contributed by atoms with Gasteiger partial charge in [0.05, 0.1) is 16.3 Å². The number of rotatable bonds is 6. The van der Waals surface area contributed by atoms with Crippen molar-refractivity contribution < 1.29 is 22.4 Å². The number of nitrogens with zero attached hydrogens (tertiary/aromatic N) is 3. The van der Waals surface area contributed by atoms with Crippen molar-refractivity contribution in [2.75, 3.05) is 44.4 Å². The summed E-state index contributed by atoms with van der Waals surface area (Å²) in [5, 5.41) is 3.84. The maximum absolute atomic E-state index is 14.9. The Labute approximate surface area is 210 Å². The number of carbonyl (C=O) groups is 1. The van der Waals surface area contributed by atoms with Gasteiger partial charge in [0.2, 0.25) is 0 Å². The average molecular weight is 510 g/mol. The third-order valence-corrected chi connectivity index (χ3v) is 7.35. The van der Waals surface area contributed by atoms with Crippen LogP contribution in [-0.4, -0.2) is 64.5 Å². The third-order valence-electron chi connectivity index (χ3n) is 6.24. The van der Waals surface area contributed by atoms with Crippen molar-refractivity contribution in [3.05, 3.63) is 83.7 Å². The standard InChI is InChI=1S/C27H28FN3O4S/c1-19(29-35-2)21-9-12-26(25(28)17-21)30-13-15-31(16-14-30)27(32)24-18-22(36(3,33)34)10-11-23(24)20-7-5-4-6-8-20/h4-12,17-18H,13-16H2,1-3H3. The molecule has 0 radical (unpaired) electrons. The molecule has 1 saturated heterocycles. The number of piperazine rings is 1. The lowest BCUT2D eigenvalue weighted by molar-refractivity contribution is 0.0747. The number of hydrogen-bond donors (Lipinski definition) is 0. The SMILES string of the molecule is CON=C(C)c1ccc(N2CCN(C(=O)c3cc(S(C)(=O)=O)ccc3-c3ccccc3)CC2)c(F)c1. The van der Waals surface area contributed by atoms with Crippen LogP contribution < -0.4 is 4.90 Å². The highest BCUT2D eigenvalue weighted by atomic mass is 32.2. The summed E-state index contributed by atoms with van der Waals surface area (Å²) in [4.78, 5) is 22.0. The molecule has 1 aliphatic heterocycles. The van der Waals surface area contributed by atoms with Gasteiger partial charge in [0.25, 0.3) is 5.91 Å². The normalized spacial score (nSPS) is 14.6. The van der Waals surface area contributed by atoms with Crippen LogP contribution in [-0.2, 0) is 14.7 Å². The summed E-state index contributed by atoms with van der Waals surface area (Å²) in [7, 11) is -2.05. The Bertz CT molecular complexity index is 1400. The molecule has 4 rings (SSSR count). The first-order valence-corrected chi connectivity index (χ1v) is 13.4. The molecule has 7 nitrogen and oxygen atoms in total. The predicted octanol–water partition coefficient (Wildman–Crippen LogP) is 4.23. The van der Waals surface area contributed by atoms with E-state index in [9.17, 15) is 17.6 Å². The quantitative estimate of drug-likeness (QED) is 0.367. The predicted molar refractivity (Wildman–Crippen MR) is 139 cm³/mol. The molecule has 0 unspecified atom stereocenters. The third kappa shape index (κ3) is 5.41. The molecular weight excluding hydrogens is 481 g/mol. The van der Waals surface area contributed by atoms with E-state index in [1.807, 2.05) is 35.2 Å². The molecule has 0 N–H and O–H groups in total. The Morgan fingerprint density at radius 2 is 1.67 bits per heavy atom. The molecule has 1 heterocycles. The molecule has 0 bridgehead atoms. The van der Waals surface area contributed by atoms with Gasteiger partial charge in [-0.05, 0) is 42.3 Å². The molecular formula is C27H28FN3O4S. The molecule has 0 spiro atoms. The monoisotopic (exact) mass is 509 g/mol. The molecule has 0 saturated carbocycles. The Balaban J connectivity index is 1.56. The van der Waals surface area contributed by atoms with E-state index >= 15 is 0 Å². The highest BCUT2D eigenvalue weighted by Crippen LogP contribution is 2.29. The zero-order valence-electron chi connectivity index (χ0n) is 20.4. The zero-order valence-corrected chi connectivity index (χ0v) is 21.3. The van der Waals surface area contributed by atoms with E-state index in [0.717, 1.165) is 11.8 Å². The van der Waals surface area contributed by atoms with Crippen LogP contribution in [0.5, 0.6) is 0 Å². The molecule has 1 aliphatic rings. The van der Waals surface area contributed by atoms with Gasteiger partial charge in [-0.2, -0.15) is 0 Å². The van der Waals surface area contributed by atoms with Gasteiger partial charge in [-0.15, -0.1) is 0 Å². The molecule has 0 atom stereocenters. The van der Waals surface area contributed by atoms with Gasteiger partial charge in [-0.1, -0.05) is 47.6 Å². The van der Waals surface area contributed by atoms with Crippen molar-refractivity contribution in [2.45, 2.75) is 11.8 Å². The minimum atomic E-state index is -3.49. The number of sulfone groups is 1. The zero-order chi connectivity index (χ0) is 25.9. The van der Waals surface area contributed by atoms with Gasteiger partial charge in [0, 0.05) is 43.6 Å². The van der Waals surface area contributed by atoms with Crippen LogP contribution in [0.1, 0.15) is 22.8 Å². The molecule has 0 aromatic heterocycles. The first-order valence-electron chi connectivity index (χ1n) is 11.5. The molecule has 9 heteroatoms. The van der Waals surface area contributed by atoms with Crippen LogP contribution in [0.25, 0.3) is 11.1 Å². The van der Waals surface area contributed by atoms with E-state index in [0.29, 0.717) is 54.3 Å². The van der Waals surface area contributed by atoms with Gasteiger partial charge in [0.1, 0.15) is 12.9 Å². The molecule has 188 valence electrons. The smallest absolute Gasteiger partial charge is 0.254 e. The van der Waals surface area contributed by atoms with Crippen LogP contribution in [0.3, 0.4) is 0 Å². The summed E-state index contributed by atoms with van der Waals surface area (Å²) in [6, 6.07) is 19.0. The summed E-state index contributed by atoms with van der Waals surface area (Å²) >= 11 is 0. The Morgan fingerprint density at radius 1 is 0.972 bits per heavy atom. The average Bonchev–Trinajstić information content (AvgIpc) is 2.88. The fraction of sp³-hybridized carbons (Fsp3) is 0.259. The summed E-state index contributed by atoms with van der Waals surface area (Å²) in [5.41, 5.74) is 3.50. The summed E-state index contributed by atoms with van der Waals surface area (Å²) < 4.78 is 39.2. The Kier molecular flexibility index (Phi) is 7.40. The fourth-order valence-electron chi connectivity index (χ4n) is 4.30. The Morgan fingerprint density at radius 3 is 2.28 bits per heavy atom. The lowest BCUT2D eigenvalue weighted by atomic mass is 9.98. The summed E-state index contributed by atoms with van der Waals surface area (Å²) in [5.74, 6) is -0.619. The van der Waals surface area contributed by atoms with E-state index < -0.39 is 9.84 Å². The first kappa shape index (κ1) is 25.4. The fourth-order valence-corrected chi connectivity index (χ4v) is 4.95. The van der Waals surface area contributed by atoms with E-state index in [1.165, 1.54) is 25.3 Å². The van der Waals surface area contributed by atoms with E-state index in [1.54, 1.807) is 30.0 Å². The number of carbonyl (C=O) groups excluding carboxylic acids is 1. The number of hydrogen-bond acceptors (Lipinski definition) is 6. The lowest BCUT2D eigenvalue weighted by Gasteiger charge is -2.36. The van der Waals surface area contributed by atoms with E-state index in [-0.39, 0.29) is 16.6 Å². The Hall–Kier alpha value is -3.72. The summed E-state index contributed by atoms with van der Waals surface area (Å²) in [6.45, 7) is 3.38. The van der Waals surface area contributed by atoms with Crippen molar-refractivity contribution >= 4 is 27.1 Å². The molecule has 3 aromatic rings. The number of benzene rings is 3. The van der Waals surface area contributed by atoms with Crippen molar-refractivity contribution in [1.82, 2.24) is 4.90 Å². The van der Waals surface area contributed by atoms with Gasteiger partial charge in [0.15, 0.2) is 9.84 Å². The van der Waals surface area contributed by atoms with E-state index in [2.05, 4.69) is 5.16 Å². The minimum absolute atomic E-state index is 0.0960. The van der Waals surface area contributed by atoms with Gasteiger partial charge < -0.3 is 14.6 Å².